The van der Waals surface area contributed by atoms with Crippen LogP contribution in [0.1, 0.15) is 56.6 Å². The first-order valence-corrected chi connectivity index (χ1v) is 10.7. The van der Waals surface area contributed by atoms with Crippen LogP contribution in [0.15, 0.2) is 12.1 Å². The Morgan fingerprint density at radius 3 is 2.89 bits per heavy atom. The van der Waals surface area contributed by atoms with Crippen LogP contribution in [0.4, 0.5) is 13.6 Å². The molecular formula is C22H32F2N2O2. The van der Waals surface area contributed by atoms with Crippen LogP contribution in [0.2, 0.25) is 0 Å². The number of unbranched alkanes of at least 4 members (excludes halogenated alkanes) is 1. The molecule has 1 saturated heterocycles. The Morgan fingerprint density at radius 1 is 1.21 bits per heavy atom. The largest absolute Gasteiger partial charge is 0.449 e. The lowest BCUT2D eigenvalue weighted by Gasteiger charge is -2.35. The van der Waals surface area contributed by atoms with E-state index in [-0.39, 0.29) is 6.09 Å². The Balaban J connectivity index is 1.51. The van der Waals surface area contributed by atoms with Crippen molar-refractivity contribution >= 4 is 6.09 Å². The number of hydrogen-bond acceptors (Lipinski definition) is 3. The molecule has 2 aliphatic rings. The number of carbonyl (C=O) groups is 1. The van der Waals surface area contributed by atoms with Crippen molar-refractivity contribution in [1.82, 2.24) is 9.80 Å². The van der Waals surface area contributed by atoms with Gasteiger partial charge in [-0.15, -0.1) is 0 Å². The van der Waals surface area contributed by atoms with E-state index in [1.807, 2.05) is 4.90 Å². The summed E-state index contributed by atoms with van der Waals surface area (Å²) >= 11 is 0. The molecule has 1 aromatic carbocycles. The van der Waals surface area contributed by atoms with Gasteiger partial charge < -0.3 is 14.5 Å². The van der Waals surface area contributed by atoms with Crippen LogP contribution in [0.5, 0.6) is 0 Å². The van der Waals surface area contributed by atoms with Crippen LogP contribution < -0.4 is 0 Å². The Morgan fingerprint density at radius 2 is 2.07 bits per heavy atom. The van der Waals surface area contributed by atoms with Gasteiger partial charge in [-0.3, -0.25) is 0 Å². The maximum atomic E-state index is 14.0. The van der Waals surface area contributed by atoms with Gasteiger partial charge in [0.1, 0.15) is 11.6 Å². The van der Waals surface area contributed by atoms with Crippen molar-refractivity contribution in [3.05, 3.63) is 34.9 Å². The fourth-order valence-electron chi connectivity index (χ4n) is 4.43. The third-order valence-corrected chi connectivity index (χ3v) is 5.89. The number of carbonyl (C=O) groups excluding carboxylic acids is 1. The first-order valence-electron chi connectivity index (χ1n) is 10.7. The number of fused-ring (bicyclic) bond motifs is 1. The van der Waals surface area contributed by atoms with Crippen LogP contribution in [0.3, 0.4) is 0 Å². The zero-order valence-corrected chi connectivity index (χ0v) is 16.9. The van der Waals surface area contributed by atoms with Gasteiger partial charge in [0.2, 0.25) is 0 Å². The highest BCUT2D eigenvalue weighted by Gasteiger charge is 2.26. The molecule has 1 unspecified atom stereocenters. The average molecular weight is 395 g/mol. The summed E-state index contributed by atoms with van der Waals surface area (Å²) in [5.74, 6) is -0.886. The molecule has 1 heterocycles. The average Bonchev–Trinajstić information content (AvgIpc) is 2.88. The summed E-state index contributed by atoms with van der Waals surface area (Å²) in [5, 5.41) is 0. The second-order valence-electron chi connectivity index (χ2n) is 7.97. The number of benzene rings is 1. The van der Waals surface area contributed by atoms with E-state index >= 15 is 0 Å². The van der Waals surface area contributed by atoms with Gasteiger partial charge in [-0.2, -0.15) is 0 Å². The smallest absolute Gasteiger partial charge is 0.409 e. The molecule has 1 atom stereocenters. The molecule has 1 aromatic rings. The predicted octanol–water partition coefficient (Wildman–Crippen LogP) is 4.55. The maximum Gasteiger partial charge on any atom is 0.409 e. The zero-order valence-electron chi connectivity index (χ0n) is 16.9. The summed E-state index contributed by atoms with van der Waals surface area (Å²) in [6, 6.07) is 2.83. The van der Waals surface area contributed by atoms with E-state index in [1.165, 1.54) is 6.07 Å². The molecule has 28 heavy (non-hydrogen) atoms. The molecule has 1 fully saturated rings. The maximum absolute atomic E-state index is 14.0. The van der Waals surface area contributed by atoms with E-state index in [2.05, 4.69) is 11.8 Å². The first-order chi connectivity index (χ1) is 13.6. The number of amides is 1. The van der Waals surface area contributed by atoms with Crippen molar-refractivity contribution < 1.29 is 18.3 Å². The minimum atomic E-state index is -0.483. The second-order valence-corrected chi connectivity index (χ2v) is 7.97. The summed E-state index contributed by atoms with van der Waals surface area (Å²) in [6.07, 6.45) is 7.06. The third-order valence-electron chi connectivity index (χ3n) is 5.89. The lowest BCUT2D eigenvalue weighted by atomic mass is 9.86. The quantitative estimate of drug-likeness (QED) is 0.607. The van der Waals surface area contributed by atoms with Gasteiger partial charge in [0.25, 0.3) is 0 Å². The van der Waals surface area contributed by atoms with Gasteiger partial charge in [-0.1, -0.05) is 6.92 Å². The molecule has 0 bridgehead atoms. The number of ether oxygens (including phenoxy) is 1. The van der Waals surface area contributed by atoms with Crippen molar-refractivity contribution in [2.75, 3.05) is 32.8 Å². The normalized spacial score (nSPS) is 20.1. The molecule has 1 aliphatic heterocycles. The van der Waals surface area contributed by atoms with Crippen molar-refractivity contribution in [1.29, 1.82) is 0 Å². The van der Waals surface area contributed by atoms with Crippen LogP contribution in [0, 0.1) is 11.6 Å². The number of cyclic esters (lactones) is 1. The lowest BCUT2D eigenvalue weighted by Crippen LogP contribution is -2.41. The van der Waals surface area contributed by atoms with E-state index < -0.39 is 11.6 Å². The molecule has 1 aliphatic carbocycles. The summed E-state index contributed by atoms with van der Waals surface area (Å²) in [5.41, 5.74) is 1.51. The fraction of sp³-hybridized carbons (Fsp3) is 0.682. The van der Waals surface area contributed by atoms with Gasteiger partial charge in [0.05, 0.1) is 6.61 Å². The Kier molecular flexibility index (Phi) is 7.65. The number of nitrogens with zero attached hydrogens (tertiary/aromatic N) is 2. The van der Waals surface area contributed by atoms with Crippen molar-refractivity contribution in [2.24, 2.45) is 0 Å². The van der Waals surface area contributed by atoms with Crippen LogP contribution in [-0.4, -0.2) is 54.7 Å². The molecule has 0 saturated carbocycles. The fourth-order valence-corrected chi connectivity index (χ4v) is 4.43. The summed E-state index contributed by atoms with van der Waals surface area (Å²) in [6.45, 7) is 6.16. The van der Waals surface area contributed by atoms with Crippen molar-refractivity contribution in [3.8, 4) is 0 Å². The Bertz CT molecular complexity index is 668. The highest BCUT2D eigenvalue weighted by molar-refractivity contribution is 5.67. The molecular weight excluding hydrogens is 362 g/mol. The second kappa shape index (κ2) is 10.2. The molecule has 0 N–H and O–H groups in total. The van der Waals surface area contributed by atoms with Crippen LogP contribution in [-0.2, 0) is 17.6 Å². The summed E-state index contributed by atoms with van der Waals surface area (Å²) in [7, 11) is 0. The molecule has 4 nitrogen and oxygen atoms in total. The van der Waals surface area contributed by atoms with Crippen molar-refractivity contribution in [2.45, 2.75) is 64.3 Å². The Labute approximate surface area is 166 Å². The van der Waals surface area contributed by atoms with Crippen LogP contribution in [0.25, 0.3) is 0 Å². The molecule has 0 radical (unpaired) electrons. The van der Waals surface area contributed by atoms with Gasteiger partial charge in [-0.25, -0.2) is 13.6 Å². The highest BCUT2D eigenvalue weighted by atomic mass is 19.1. The minimum Gasteiger partial charge on any atom is -0.449 e. The number of rotatable bonds is 8. The van der Waals surface area contributed by atoms with Crippen molar-refractivity contribution in [3.63, 3.8) is 0 Å². The molecule has 6 heteroatoms. The van der Waals surface area contributed by atoms with Gasteiger partial charge in [-0.05, 0) is 81.6 Å². The molecule has 3 rings (SSSR count). The minimum absolute atomic E-state index is 0.184. The topological polar surface area (TPSA) is 32.8 Å². The van der Waals surface area contributed by atoms with Gasteiger partial charge in [0.15, 0.2) is 0 Å². The summed E-state index contributed by atoms with van der Waals surface area (Å²) < 4.78 is 32.8. The highest BCUT2D eigenvalue weighted by Crippen LogP contribution is 2.28. The van der Waals surface area contributed by atoms with Gasteiger partial charge in [0, 0.05) is 25.2 Å². The molecule has 0 spiro atoms. The number of hydrogen-bond donors (Lipinski definition) is 0. The number of halogens is 2. The summed E-state index contributed by atoms with van der Waals surface area (Å²) in [4.78, 5) is 16.2. The lowest BCUT2D eigenvalue weighted by molar-refractivity contribution is 0.114. The third kappa shape index (κ3) is 5.43. The van der Waals surface area contributed by atoms with Gasteiger partial charge >= 0.3 is 6.09 Å². The SMILES string of the molecule is CCCN(CCCCN1CCCCOC1=O)C1CCc2c(F)cc(F)cc2C1. The van der Waals surface area contributed by atoms with E-state index in [4.69, 9.17) is 4.74 Å². The first kappa shape index (κ1) is 21.0. The molecule has 1 amide bonds. The van der Waals surface area contributed by atoms with E-state index in [0.29, 0.717) is 31.1 Å². The van der Waals surface area contributed by atoms with E-state index in [1.54, 1.807) is 0 Å². The monoisotopic (exact) mass is 394 g/mol. The zero-order chi connectivity index (χ0) is 19.9. The van der Waals surface area contributed by atoms with E-state index in [9.17, 15) is 13.6 Å². The molecule has 156 valence electrons. The van der Waals surface area contributed by atoms with E-state index in [0.717, 1.165) is 76.3 Å². The van der Waals surface area contributed by atoms with Crippen LogP contribution >= 0.6 is 0 Å². The Hall–Kier alpha value is -1.69. The predicted molar refractivity (Wildman–Crippen MR) is 105 cm³/mol. The molecule has 0 aromatic heterocycles. The standard InChI is InChI=1S/C22H32F2N2O2/c1-2-9-25(10-3-4-11-26-12-5-6-13-28-22(26)27)19-7-8-20-17(15-19)14-18(23)16-21(20)24/h14,16,19H,2-13,15H2,1H3.